The summed E-state index contributed by atoms with van der Waals surface area (Å²) in [5.74, 6) is 0.0806. The second-order valence-electron chi connectivity index (χ2n) is 4.91. The van der Waals surface area contributed by atoms with E-state index >= 15 is 0 Å². The lowest BCUT2D eigenvalue weighted by Gasteiger charge is -2.26. The molecule has 0 amide bonds. The standard InChI is InChI=1S/C9H21NO4SSi/c1-16(2,3)14-15(11,12)9-6-10-4-7-13-8-5-10/h4-9H2,1-3H3. The maximum atomic E-state index is 11.6. The molecule has 0 N–H and O–H groups in total. The minimum absolute atomic E-state index is 0.0806. The average Bonchev–Trinajstić information content (AvgIpc) is 2.13. The van der Waals surface area contributed by atoms with Crippen LogP contribution in [-0.2, 0) is 18.7 Å². The lowest BCUT2D eigenvalue weighted by molar-refractivity contribution is 0.0406. The highest BCUT2D eigenvalue weighted by Crippen LogP contribution is 2.09. The van der Waals surface area contributed by atoms with Crippen LogP contribution in [0.2, 0.25) is 19.6 Å². The van der Waals surface area contributed by atoms with Crippen molar-refractivity contribution >= 4 is 18.4 Å². The molecule has 0 bridgehead atoms. The summed E-state index contributed by atoms with van der Waals surface area (Å²) in [6.07, 6.45) is 0. The van der Waals surface area contributed by atoms with Gasteiger partial charge in [0.2, 0.25) is 8.32 Å². The van der Waals surface area contributed by atoms with Crippen molar-refractivity contribution in [3.63, 3.8) is 0 Å². The van der Waals surface area contributed by atoms with E-state index in [-0.39, 0.29) is 5.75 Å². The van der Waals surface area contributed by atoms with Gasteiger partial charge in [-0.1, -0.05) is 0 Å². The molecule has 1 fully saturated rings. The maximum absolute atomic E-state index is 11.6. The molecule has 96 valence electrons. The molecule has 0 aromatic rings. The summed E-state index contributed by atoms with van der Waals surface area (Å²) in [4.78, 5) is 2.09. The zero-order valence-electron chi connectivity index (χ0n) is 10.2. The van der Waals surface area contributed by atoms with Crippen LogP contribution < -0.4 is 0 Å². The van der Waals surface area contributed by atoms with E-state index in [0.29, 0.717) is 19.8 Å². The van der Waals surface area contributed by atoms with Gasteiger partial charge in [-0.3, -0.25) is 4.90 Å². The molecule has 16 heavy (non-hydrogen) atoms. The number of rotatable bonds is 5. The first-order valence-electron chi connectivity index (χ1n) is 5.52. The third-order valence-corrected chi connectivity index (χ3v) is 5.84. The molecule has 0 atom stereocenters. The first-order chi connectivity index (χ1) is 7.29. The van der Waals surface area contributed by atoms with Crippen LogP contribution in [0.3, 0.4) is 0 Å². The summed E-state index contributed by atoms with van der Waals surface area (Å²) in [6.45, 7) is 9.16. The van der Waals surface area contributed by atoms with Crippen LogP contribution in [0.4, 0.5) is 0 Å². The molecule has 0 aromatic heterocycles. The number of nitrogens with zero attached hydrogens (tertiary/aromatic N) is 1. The highest BCUT2D eigenvalue weighted by Gasteiger charge is 2.25. The Balaban J connectivity index is 2.35. The van der Waals surface area contributed by atoms with Crippen LogP contribution >= 0.6 is 0 Å². The van der Waals surface area contributed by atoms with Crippen LogP contribution in [0.25, 0.3) is 0 Å². The molecule has 1 rings (SSSR count). The summed E-state index contributed by atoms with van der Waals surface area (Å²) in [6, 6.07) is 0. The Labute approximate surface area is 99.0 Å². The van der Waals surface area contributed by atoms with E-state index in [1.54, 1.807) is 0 Å². The molecule has 1 saturated heterocycles. The number of hydrogen-bond acceptors (Lipinski definition) is 5. The predicted octanol–water partition coefficient (Wildman–Crippen LogP) is 0.500. The van der Waals surface area contributed by atoms with E-state index in [2.05, 4.69) is 4.90 Å². The van der Waals surface area contributed by atoms with Gasteiger partial charge >= 0.3 is 0 Å². The minimum atomic E-state index is -3.36. The quantitative estimate of drug-likeness (QED) is 0.679. The van der Waals surface area contributed by atoms with Crippen molar-refractivity contribution in [3.05, 3.63) is 0 Å². The van der Waals surface area contributed by atoms with Crippen LogP contribution in [0.1, 0.15) is 0 Å². The van der Waals surface area contributed by atoms with E-state index < -0.39 is 18.4 Å². The molecule has 1 aliphatic heterocycles. The fraction of sp³-hybridized carbons (Fsp3) is 1.00. The molecule has 7 heteroatoms. The average molecular weight is 267 g/mol. The molecular formula is C9H21NO4SSi. The van der Waals surface area contributed by atoms with Crippen molar-refractivity contribution < 1.29 is 17.0 Å². The molecule has 0 saturated carbocycles. The highest BCUT2D eigenvalue weighted by molar-refractivity contribution is 7.87. The molecule has 0 aliphatic carbocycles. The fourth-order valence-corrected chi connectivity index (χ4v) is 5.35. The zero-order valence-corrected chi connectivity index (χ0v) is 12.0. The van der Waals surface area contributed by atoms with Gasteiger partial charge in [-0.2, -0.15) is 0 Å². The topological polar surface area (TPSA) is 55.8 Å². The molecule has 0 unspecified atom stereocenters. The minimum Gasteiger partial charge on any atom is -0.379 e. The van der Waals surface area contributed by atoms with Gasteiger partial charge in [-0.05, 0) is 19.6 Å². The predicted molar refractivity (Wildman–Crippen MR) is 65.5 cm³/mol. The SMILES string of the molecule is C[Si](C)(C)OS(=O)(=O)CCN1CCOCC1. The Bertz CT molecular complexity index is 306. The summed E-state index contributed by atoms with van der Waals surface area (Å²) < 4.78 is 33.7. The number of hydrogen-bond donors (Lipinski definition) is 0. The normalized spacial score (nSPS) is 19.9. The van der Waals surface area contributed by atoms with Gasteiger partial charge < -0.3 is 8.61 Å². The van der Waals surface area contributed by atoms with Crippen molar-refractivity contribution in [2.24, 2.45) is 0 Å². The van der Waals surface area contributed by atoms with Gasteiger partial charge in [0, 0.05) is 19.6 Å². The molecule has 0 aromatic carbocycles. The third kappa shape index (κ3) is 5.95. The van der Waals surface area contributed by atoms with Crippen LogP contribution in [0.5, 0.6) is 0 Å². The van der Waals surface area contributed by atoms with Gasteiger partial charge in [0.25, 0.3) is 10.1 Å². The summed E-state index contributed by atoms with van der Waals surface area (Å²) in [5.41, 5.74) is 0. The second-order valence-corrected chi connectivity index (χ2v) is 11.3. The van der Waals surface area contributed by atoms with Gasteiger partial charge in [0.05, 0.1) is 19.0 Å². The highest BCUT2D eigenvalue weighted by atomic mass is 32.2. The maximum Gasteiger partial charge on any atom is 0.259 e. The van der Waals surface area contributed by atoms with E-state index in [1.807, 2.05) is 19.6 Å². The molecule has 0 spiro atoms. The third-order valence-electron chi connectivity index (χ3n) is 2.14. The van der Waals surface area contributed by atoms with Gasteiger partial charge in [0.1, 0.15) is 0 Å². The molecule has 0 radical (unpaired) electrons. The lowest BCUT2D eigenvalue weighted by atomic mass is 10.4. The number of ether oxygens (including phenoxy) is 1. The Hall–Kier alpha value is 0.0469. The smallest absolute Gasteiger partial charge is 0.259 e. The molecule has 5 nitrogen and oxygen atoms in total. The van der Waals surface area contributed by atoms with Crippen molar-refractivity contribution in [1.29, 1.82) is 0 Å². The van der Waals surface area contributed by atoms with Crippen LogP contribution in [0, 0.1) is 0 Å². The van der Waals surface area contributed by atoms with Crippen LogP contribution in [-0.4, -0.2) is 60.2 Å². The van der Waals surface area contributed by atoms with E-state index in [1.165, 1.54) is 0 Å². The number of morpholine rings is 1. The van der Waals surface area contributed by atoms with Crippen molar-refractivity contribution in [1.82, 2.24) is 4.90 Å². The van der Waals surface area contributed by atoms with Crippen molar-refractivity contribution in [3.8, 4) is 0 Å². The zero-order chi connectivity index (χ0) is 12.2. The first kappa shape index (κ1) is 14.1. The Morgan fingerprint density at radius 3 is 2.31 bits per heavy atom. The molecule has 1 heterocycles. The lowest BCUT2D eigenvalue weighted by Crippen LogP contribution is -2.40. The van der Waals surface area contributed by atoms with Crippen LogP contribution in [0.15, 0.2) is 0 Å². The monoisotopic (exact) mass is 267 g/mol. The molecular weight excluding hydrogens is 246 g/mol. The van der Waals surface area contributed by atoms with Gasteiger partial charge in [0.15, 0.2) is 0 Å². The molecule has 1 aliphatic rings. The van der Waals surface area contributed by atoms with Crippen molar-refractivity contribution in [2.75, 3.05) is 38.6 Å². The largest absolute Gasteiger partial charge is 0.379 e. The second kappa shape index (κ2) is 5.59. The van der Waals surface area contributed by atoms with Gasteiger partial charge in [-0.25, -0.2) is 8.42 Å². The summed E-state index contributed by atoms with van der Waals surface area (Å²) in [7, 11) is -5.37. The fourth-order valence-electron chi connectivity index (χ4n) is 1.49. The Morgan fingerprint density at radius 2 is 1.81 bits per heavy atom. The van der Waals surface area contributed by atoms with Crippen molar-refractivity contribution in [2.45, 2.75) is 19.6 Å². The Morgan fingerprint density at radius 1 is 1.25 bits per heavy atom. The Kier molecular flexibility index (Phi) is 4.93. The van der Waals surface area contributed by atoms with Gasteiger partial charge in [-0.15, -0.1) is 0 Å². The van der Waals surface area contributed by atoms with E-state index in [4.69, 9.17) is 8.61 Å². The van der Waals surface area contributed by atoms with E-state index in [9.17, 15) is 8.42 Å². The van der Waals surface area contributed by atoms with E-state index in [0.717, 1.165) is 13.1 Å². The summed E-state index contributed by atoms with van der Waals surface area (Å²) in [5, 5.41) is 0. The summed E-state index contributed by atoms with van der Waals surface area (Å²) >= 11 is 0. The first-order valence-corrected chi connectivity index (χ1v) is 10.5.